The number of nitrogens with zero attached hydrogens (tertiary/aromatic N) is 1. The molecule has 0 saturated carbocycles. The Kier molecular flexibility index (Phi) is 5.10. The summed E-state index contributed by atoms with van der Waals surface area (Å²) in [4.78, 5) is 15.1. The number of hydrogen-bond acceptors (Lipinski definition) is 2. The lowest BCUT2D eigenvalue weighted by Gasteiger charge is -2.44. The van der Waals surface area contributed by atoms with Crippen LogP contribution < -0.4 is 0 Å². The molecule has 4 aromatic carbocycles. The number of carbonyl (C=O) groups is 1. The molecule has 4 aromatic rings. The van der Waals surface area contributed by atoms with Crippen molar-refractivity contribution in [3.63, 3.8) is 0 Å². The van der Waals surface area contributed by atoms with Gasteiger partial charge in [0, 0.05) is 6.04 Å². The third-order valence-corrected chi connectivity index (χ3v) is 7.15. The summed E-state index contributed by atoms with van der Waals surface area (Å²) in [5, 5.41) is 5.12. The number of benzene rings is 4. The van der Waals surface area contributed by atoms with E-state index >= 15 is 0 Å². The molecule has 6 rings (SSSR count). The average molecular weight is 434 g/mol. The lowest BCUT2D eigenvalue weighted by Crippen LogP contribution is -2.51. The summed E-state index contributed by atoms with van der Waals surface area (Å²) in [6.07, 6.45) is 6.19. The molecule has 2 atom stereocenters. The number of fused-ring (bicyclic) bond motifs is 4. The van der Waals surface area contributed by atoms with Crippen molar-refractivity contribution in [3.05, 3.63) is 102 Å². The Morgan fingerprint density at radius 3 is 2.21 bits per heavy atom. The predicted octanol–water partition coefficient (Wildman–Crippen LogP) is 7.34. The largest absolute Gasteiger partial charge is 0.445 e. The van der Waals surface area contributed by atoms with Gasteiger partial charge in [-0.2, -0.15) is 0 Å². The second-order valence-corrected chi connectivity index (χ2v) is 9.19. The van der Waals surface area contributed by atoms with E-state index < -0.39 is 0 Å². The van der Waals surface area contributed by atoms with Crippen LogP contribution in [0, 0.1) is 0 Å². The summed E-state index contributed by atoms with van der Waals surface area (Å²) in [5.41, 5.74) is 3.72. The Balaban J connectivity index is 1.37. The van der Waals surface area contributed by atoms with E-state index in [1.807, 2.05) is 35.2 Å². The van der Waals surface area contributed by atoms with Crippen LogP contribution in [0.4, 0.5) is 4.79 Å². The minimum atomic E-state index is -0.188. The van der Waals surface area contributed by atoms with Gasteiger partial charge in [0.1, 0.15) is 6.61 Å². The molecule has 0 aromatic heterocycles. The van der Waals surface area contributed by atoms with Crippen LogP contribution in [0.25, 0.3) is 27.1 Å². The third kappa shape index (κ3) is 3.68. The SMILES string of the molecule is O=C(OCc1ccccc1)N1C2C=C(c3c4ccccc4cc4ccccc34)CC1CCC2. The monoisotopic (exact) mass is 433 g/mol. The molecule has 33 heavy (non-hydrogen) atoms. The van der Waals surface area contributed by atoms with Crippen LogP contribution in [-0.4, -0.2) is 23.1 Å². The van der Waals surface area contributed by atoms with Crippen LogP contribution in [-0.2, 0) is 11.3 Å². The molecular formula is C30H27NO2. The highest BCUT2D eigenvalue weighted by molar-refractivity contribution is 6.09. The van der Waals surface area contributed by atoms with Crippen molar-refractivity contribution in [2.45, 2.75) is 44.4 Å². The molecule has 0 aliphatic carbocycles. The normalized spacial score (nSPS) is 20.0. The van der Waals surface area contributed by atoms with E-state index in [2.05, 4.69) is 60.7 Å². The van der Waals surface area contributed by atoms with Crippen LogP contribution in [0.1, 0.15) is 36.8 Å². The van der Waals surface area contributed by atoms with Gasteiger partial charge in [-0.25, -0.2) is 4.79 Å². The Morgan fingerprint density at radius 1 is 0.848 bits per heavy atom. The van der Waals surface area contributed by atoms with Gasteiger partial charge in [0.25, 0.3) is 0 Å². The van der Waals surface area contributed by atoms with Crippen LogP contribution in [0.15, 0.2) is 91.0 Å². The summed E-state index contributed by atoms with van der Waals surface area (Å²) < 4.78 is 5.74. The zero-order valence-corrected chi connectivity index (χ0v) is 18.6. The number of ether oxygens (including phenoxy) is 1. The van der Waals surface area contributed by atoms with Gasteiger partial charge >= 0.3 is 6.09 Å². The molecule has 164 valence electrons. The first-order valence-corrected chi connectivity index (χ1v) is 11.9. The molecule has 2 bridgehead atoms. The molecule has 3 heteroatoms. The number of piperidine rings is 1. The van der Waals surface area contributed by atoms with Crippen molar-refractivity contribution in [1.82, 2.24) is 4.90 Å². The van der Waals surface area contributed by atoms with E-state index in [-0.39, 0.29) is 18.2 Å². The topological polar surface area (TPSA) is 29.5 Å². The van der Waals surface area contributed by atoms with Gasteiger partial charge in [-0.3, -0.25) is 4.90 Å². The summed E-state index contributed by atoms with van der Waals surface area (Å²) in [6.45, 7) is 0.320. The zero-order valence-electron chi connectivity index (χ0n) is 18.6. The Labute approximate surface area is 194 Å². The quantitative estimate of drug-likeness (QED) is 0.316. The van der Waals surface area contributed by atoms with Gasteiger partial charge in [-0.1, -0.05) is 84.9 Å². The average Bonchev–Trinajstić information content (AvgIpc) is 2.85. The van der Waals surface area contributed by atoms with Crippen molar-refractivity contribution in [3.8, 4) is 0 Å². The molecule has 0 N–H and O–H groups in total. The highest BCUT2D eigenvalue weighted by atomic mass is 16.6. The molecule has 1 fully saturated rings. The summed E-state index contributed by atoms with van der Waals surface area (Å²) in [6, 6.07) is 29.8. The van der Waals surface area contributed by atoms with Gasteiger partial charge < -0.3 is 4.74 Å². The van der Waals surface area contributed by atoms with Crippen LogP contribution >= 0.6 is 0 Å². The number of amides is 1. The summed E-state index contributed by atoms with van der Waals surface area (Å²) in [7, 11) is 0. The van der Waals surface area contributed by atoms with Crippen molar-refractivity contribution in [2.75, 3.05) is 0 Å². The Bertz CT molecular complexity index is 1300. The maximum Gasteiger partial charge on any atom is 0.410 e. The molecule has 2 heterocycles. The smallest absolute Gasteiger partial charge is 0.410 e. The molecule has 2 aliphatic heterocycles. The number of hydrogen-bond donors (Lipinski definition) is 0. The fraction of sp³-hybridized carbons (Fsp3) is 0.233. The van der Waals surface area contributed by atoms with Crippen LogP contribution in [0.5, 0.6) is 0 Å². The van der Waals surface area contributed by atoms with Crippen LogP contribution in [0.3, 0.4) is 0 Å². The second kappa shape index (κ2) is 8.40. The van der Waals surface area contributed by atoms with Gasteiger partial charge in [0.15, 0.2) is 0 Å². The molecule has 3 nitrogen and oxygen atoms in total. The number of carbonyl (C=O) groups excluding carboxylic acids is 1. The van der Waals surface area contributed by atoms with Gasteiger partial charge in [-0.05, 0) is 70.0 Å². The lowest BCUT2D eigenvalue weighted by molar-refractivity contribution is 0.0510. The first-order valence-electron chi connectivity index (χ1n) is 11.9. The van der Waals surface area contributed by atoms with E-state index in [9.17, 15) is 4.79 Å². The summed E-state index contributed by atoms with van der Waals surface area (Å²) >= 11 is 0. The standard InChI is InChI=1S/C30H27NO2/c32-30(33-20-21-9-2-1-3-10-21)31-25-13-8-14-26(31)19-24(18-25)29-27-15-6-4-11-22(27)17-23-12-5-7-16-28(23)29/h1-7,9-12,15-18,25-26H,8,13-14,19-20H2. The predicted molar refractivity (Wildman–Crippen MR) is 134 cm³/mol. The highest BCUT2D eigenvalue weighted by Crippen LogP contribution is 2.42. The minimum absolute atomic E-state index is 0.0912. The Hall–Kier alpha value is -3.59. The van der Waals surface area contributed by atoms with Crippen molar-refractivity contribution >= 4 is 33.2 Å². The van der Waals surface area contributed by atoms with Gasteiger partial charge in [-0.15, -0.1) is 0 Å². The van der Waals surface area contributed by atoms with Crippen molar-refractivity contribution < 1.29 is 9.53 Å². The molecule has 2 aliphatic rings. The fourth-order valence-corrected chi connectivity index (χ4v) is 5.65. The molecule has 0 spiro atoms. The first kappa shape index (κ1) is 20.0. The Morgan fingerprint density at radius 2 is 1.52 bits per heavy atom. The maximum atomic E-state index is 13.1. The van der Waals surface area contributed by atoms with Crippen molar-refractivity contribution in [1.29, 1.82) is 0 Å². The molecule has 2 unspecified atom stereocenters. The molecular weight excluding hydrogens is 406 g/mol. The lowest BCUT2D eigenvalue weighted by atomic mass is 9.80. The van der Waals surface area contributed by atoms with E-state index in [0.717, 1.165) is 31.2 Å². The minimum Gasteiger partial charge on any atom is -0.445 e. The second-order valence-electron chi connectivity index (χ2n) is 9.19. The van der Waals surface area contributed by atoms with Gasteiger partial charge in [0.2, 0.25) is 0 Å². The van der Waals surface area contributed by atoms with Crippen molar-refractivity contribution in [2.24, 2.45) is 0 Å². The van der Waals surface area contributed by atoms with Gasteiger partial charge in [0.05, 0.1) is 6.04 Å². The molecule has 1 saturated heterocycles. The highest BCUT2D eigenvalue weighted by Gasteiger charge is 2.38. The zero-order chi connectivity index (χ0) is 22.2. The third-order valence-electron chi connectivity index (χ3n) is 7.15. The first-order chi connectivity index (χ1) is 16.3. The number of rotatable bonds is 3. The maximum absolute atomic E-state index is 13.1. The van der Waals surface area contributed by atoms with E-state index in [0.29, 0.717) is 6.61 Å². The van der Waals surface area contributed by atoms with E-state index in [4.69, 9.17) is 4.74 Å². The molecule has 1 amide bonds. The van der Waals surface area contributed by atoms with Crippen LogP contribution in [0.2, 0.25) is 0 Å². The summed E-state index contributed by atoms with van der Waals surface area (Å²) in [5.74, 6) is 0. The fourth-order valence-electron chi connectivity index (χ4n) is 5.65. The van der Waals surface area contributed by atoms with E-state index in [1.54, 1.807) is 0 Å². The molecule has 0 radical (unpaired) electrons. The van der Waals surface area contributed by atoms with E-state index in [1.165, 1.54) is 32.7 Å².